The van der Waals surface area contributed by atoms with E-state index in [2.05, 4.69) is 15.4 Å². The summed E-state index contributed by atoms with van der Waals surface area (Å²) in [7, 11) is 3.47. The summed E-state index contributed by atoms with van der Waals surface area (Å²) in [5, 5.41) is 7.56. The van der Waals surface area contributed by atoms with Crippen molar-refractivity contribution in [1.29, 1.82) is 0 Å². The first-order chi connectivity index (χ1) is 13.0. The van der Waals surface area contributed by atoms with Crippen molar-refractivity contribution in [3.8, 4) is 17.4 Å². The predicted octanol–water partition coefficient (Wildman–Crippen LogP) is 2.72. The van der Waals surface area contributed by atoms with Crippen molar-refractivity contribution >= 4 is 11.6 Å². The number of nitrogens with two attached hydrogens (primary N) is 1. The Labute approximate surface area is 160 Å². The number of nitrogens with one attached hydrogen (secondary N) is 1. The van der Waals surface area contributed by atoms with Gasteiger partial charge < -0.3 is 25.3 Å². The van der Waals surface area contributed by atoms with Crippen LogP contribution in [0.2, 0.25) is 0 Å². The Hall–Kier alpha value is -2.90. The Morgan fingerprint density at radius 1 is 1.22 bits per heavy atom. The molecule has 8 heteroatoms. The van der Waals surface area contributed by atoms with Gasteiger partial charge in [0.15, 0.2) is 5.96 Å². The third-order valence-electron chi connectivity index (χ3n) is 3.93. The molecule has 0 aliphatic carbocycles. The largest absolute Gasteiger partial charge is 0.494 e. The quantitative estimate of drug-likeness (QED) is 0.517. The Kier molecular flexibility index (Phi) is 7.34. The summed E-state index contributed by atoms with van der Waals surface area (Å²) < 4.78 is 18.3. The van der Waals surface area contributed by atoms with Gasteiger partial charge in [-0.2, -0.15) is 5.10 Å². The molecule has 0 saturated heterocycles. The minimum atomic E-state index is 0.276. The van der Waals surface area contributed by atoms with E-state index >= 15 is 0 Å². The molecule has 0 saturated carbocycles. The molecule has 0 atom stereocenters. The van der Waals surface area contributed by atoms with E-state index < -0.39 is 0 Å². The molecule has 0 aliphatic rings. The van der Waals surface area contributed by atoms with E-state index in [9.17, 15) is 0 Å². The van der Waals surface area contributed by atoms with Crippen molar-refractivity contribution < 1.29 is 14.2 Å². The Morgan fingerprint density at radius 3 is 2.59 bits per heavy atom. The van der Waals surface area contributed by atoms with Gasteiger partial charge >= 0.3 is 0 Å². The molecule has 0 radical (unpaired) electrons. The van der Waals surface area contributed by atoms with Gasteiger partial charge in [-0.05, 0) is 32.4 Å². The molecule has 0 aliphatic heterocycles. The van der Waals surface area contributed by atoms with Gasteiger partial charge in [0, 0.05) is 13.1 Å². The highest BCUT2D eigenvalue weighted by Crippen LogP contribution is 2.29. The molecule has 0 amide bonds. The zero-order chi connectivity index (χ0) is 19.8. The maximum atomic E-state index is 6.11. The highest BCUT2D eigenvalue weighted by atomic mass is 16.5. The summed E-state index contributed by atoms with van der Waals surface area (Å²) in [6.07, 6.45) is 0.792. The molecule has 0 bridgehead atoms. The zero-order valence-corrected chi connectivity index (χ0v) is 16.7. The number of guanidine groups is 1. The highest BCUT2D eigenvalue weighted by Gasteiger charge is 2.15. The molecule has 27 heavy (non-hydrogen) atoms. The molecule has 2 rings (SSSR count). The fourth-order valence-electron chi connectivity index (χ4n) is 2.79. The zero-order valence-electron chi connectivity index (χ0n) is 16.7. The summed E-state index contributed by atoms with van der Waals surface area (Å²) in [6.45, 7) is 7.41. The first-order valence-electron chi connectivity index (χ1n) is 9.09. The third kappa shape index (κ3) is 5.06. The Morgan fingerprint density at radius 2 is 1.96 bits per heavy atom. The van der Waals surface area contributed by atoms with Gasteiger partial charge in [-0.25, -0.2) is 9.67 Å². The second kappa shape index (κ2) is 9.70. The number of aliphatic imine (C=N–C) groups is 1. The van der Waals surface area contributed by atoms with Gasteiger partial charge in [0.1, 0.15) is 11.5 Å². The number of rotatable bonds is 9. The molecule has 148 valence electrons. The number of ether oxygens (including phenoxy) is 3. The van der Waals surface area contributed by atoms with Gasteiger partial charge in [-0.3, -0.25) is 0 Å². The van der Waals surface area contributed by atoms with Crippen LogP contribution < -0.4 is 25.3 Å². The molecule has 3 N–H and O–H groups in total. The maximum absolute atomic E-state index is 6.11. The molecule has 8 nitrogen and oxygen atoms in total. The molecule has 1 aromatic carbocycles. The molecule has 1 heterocycles. The number of aromatic nitrogens is 2. The topological polar surface area (TPSA) is 95.9 Å². The number of benzene rings is 1. The van der Waals surface area contributed by atoms with Crippen LogP contribution in [0.25, 0.3) is 0 Å². The van der Waals surface area contributed by atoms with E-state index in [0.29, 0.717) is 37.1 Å². The van der Waals surface area contributed by atoms with Crippen LogP contribution >= 0.6 is 0 Å². The second-order valence-corrected chi connectivity index (χ2v) is 5.76. The van der Waals surface area contributed by atoms with Crippen molar-refractivity contribution in [3.63, 3.8) is 0 Å². The van der Waals surface area contributed by atoms with Crippen molar-refractivity contribution in [2.24, 2.45) is 17.8 Å². The smallest absolute Gasteiger partial charge is 0.216 e. The average molecular weight is 375 g/mol. The van der Waals surface area contributed by atoms with Crippen molar-refractivity contribution in [1.82, 2.24) is 9.78 Å². The summed E-state index contributed by atoms with van der Waals surface area (Å²) in [4.78, 5) is 4.45. The minimum Gasteiger partial charge on any atom is -0.494 e. The van der Waals surface area contributed by atoms with Crippen LogP contribution in [-0.4, -0.2) is 36.1 Å². The summed E-state index contributed by atoms with van der Waals surface area (Å²) in [5.41, 5.74) is 8.69. The van der Waals surface area contributed by atoms with Crippen molar-refractivity contribution in [2.45, 2.75) is 33.7 Å². The van der Waals surface area contributed by atoms with E-state index in [1.807, 2.05) is 46.0 Å². The number of nitrogens with zero attached hydrogens (tertiary/aromatic N) is 3. The van der Waals surface area contributed by atoms with E-state index in [1.54, 1.807) is 11.8 Å². The molecule has 0 unspecified atom stereocenters. The number of aryl methyl sites for hydroxylation is 2. The summed E-state index contributed by atoms with van der Waals surface area (Å²) in [5.74, 6) is 2.39. The lowest BCUT2D eigenvalue weighted by atomic mass is 10.2. The van der Waals surface area contributed by atoms with Crippen LogP contribution in [-0.2, 0) is 20.0 Å². The van der Waals surface area contributed by atoms with Crippen LogP contribution in [0.5, 0.6) is 17.4 Å². The molecule has 0 fully saturated rings. The lowest BCUT2D eigenvalue weighted by Crippen LogP contribution is -2.23. The number of hydrogen-bond donors (Lipinski definition) is 2. The van der Waals surface area contributed by atoms with Crippen molar-refractivity contribution in [3.05, 3.63) is 29.5 Å². The van der Waals surface area contributed by atoms with Crippen LogP contribution in [0.1, 0.15) is 32.0 Å². The van der Waals surface area contributed by atoms with Crippen molar-refractivity contribution in [2.75, 3.05) is 25.6 Å². The fourth-order valence-corrected chi connectivity index (χ4v) is 2.79. The van der Waals surface area contributed by atoms with Gasteiger partial charge in [-0.15, -0.1) is 0 Å². The van der Waals surface area contributed by atoms with Gasteiger partial charge in [0.25, 0.3) is 0 Å². The number of methoxy groups -OCH3 is 1. The van der Waals surface area contributed by atoms with Gasteiger partial charge in [0.05, 0.1) is 43.8 Å². The van der Waals surface area contributed by atoms with E-state index in [4.69, 9.17) is 19.9 Å². The molecule has 0 spiro atoms. The molecule has 1 aromatic heterocycles. The minimum absolute atomic E-state index is 0.276. The second-order valence-electron chi connectivity index (χ2n) is 5.76. The van der Waals surface area contributed by atoms with Gasteiger partial charge in [0.2, 0.25) is 5.88 Å². The van der Waals surface area contributed by atoms with E-state index in [-0.39, 0.29) is 5.96 Å². The summed E-state index contributed by atoms with van der Waals surface area (Å²) >= 11 is 0. The standard InChI is InChI=1S/C19H29N5O3/c1-6-15-14(18(25-5)24(4)23-15)12-21-19(20)22-16-11-13(26-7-2)9-10-17(16)27-8-3/h9-11H,6-8,12H2,1-5H3,(H3,20,21,22). The van der Waals surface area contributed by atoms with Crippen LogP contribution in [0.3, 0.4) is 0 Å². The van der Waals surface area contributed by atoms with E-state index in [0.717, 1.165) is 23.4 Å². The van der Waals surface area contributed by atoms with Crippen LogP contribution in [0, 0.1) is 0 Å². The number of anilines is 1. The normalized spacial score (nSPS) is 11.4. The lowest BCUT2D eigenvalue weighted by molar-refractivity contribution is 0.332. The highest BCUT2D eigenvalue weighted by molar-refractivity contribution is 5.94. The van der Waals surface area contributed by atoms with Crippen LogP contribution in [0.15, 0.2) is 23.2 Å². The molecular formula is C19H29N5O3. The Bertz CT molecular complexity index is 786. The Balaban J connectivity index is 2.21. The van der Waals surface area contributed by atoms with Crippen LogP contribution in [0.4, 0.5) is 5.69 Å². The predicted molar refractivity (Wildman–Crippen MR) is 107 cm³/mol. The number of hydrogen-bond acceptors (Lipinski definition) is 5. The van der Waals surface area contributed by atoms with E-state index in [1.165, 1.54) is 0 Å². The summed E-state index contributed by atoms with van der Waals surface area (Å²) in [6, 6.07) is 5.56. The first kappa shape index (κ1) is 20.4. The monoisotopic (exact) mass is 375 g/mol. The molecule has 2 aromatic rings. The molecular weight excluding hydrogens is 346 g/mol. The van der Waals surface area contributed by atoms with Gasteiger partial charge in [-0.1, -0.05) is 6.92 Å². The fraction of sp³-hybridized carbons (Fsp3) is 0.474. The lowest BCUT2D eigenvalue weighted by Gasteiger charge is -2.14. The average Bonchev–Trinajstić information content (AvgIpc) is 2.97. The SMILES string of the molecule is CCOc1ccc(OCC)c(NC(N)=NCc2c(CC)nn(C)c2OC)c1. The third-order valence-corrected chi connectivity index (χ3v) is 3.93. The maximum Gasteiger partial charge on any atom is 0.216 e. The first-order valence-corrected chi connectivity index (χ1v) is 9.09.